The van der Waals surface area contributed by atoms with Crippen LogP contribution in [-0.2, 0) is 0 Å². The minimum absolute atomic E-state index is 0.209. The molecule has 4 nitrogen and oxygen atoms in total. The van der Waals surface area contributed by atoms with Gasteiger partial charge in [-0.25, -0.2) is 0 Å². The molecule has 118 valence electrons. The van der Waals surface area contributed by atoms with E-state index < -0.39 is 0 Å². The molecule has 0 amide bonds. The molecule has 0 saturated heterocycles. The minimum Gasteiger partial charge on any atom is -0.375 e. The highest BCUT2D eigenvalue weighted by Gasteiger charge is 2.11. The molecule has 0 aromatic carbocycles. The van der Waals surface area contributed by atoms with Crippen LogP contribution in [0.2, 0.25) is 0 Å². The summed E-state index contributed by atoms with van der Waals surface area (Å²) in [5.41, 5.74) is 4.41. The standard InChI is InChI=1S/C20H18N4/c1-2-14-10-16-5-6-18(23-16)12-20-8-7-19(24-20)11-17-4-3-15(22-17)9-13(1)21-14/h1-13,19,21-24H/b14-10-,15-9-,17-11-,20-12-. The molecule has 0 spiro atoms. The quantitative estimate of drug-likeness (QED) is 0.593. The van der Waals surface area contributed by atoms with Gasteiger partial charge in [0.2, 0.25) is 0 Å². The maximum absolute atomic E-state index is 3.50. The van der Waals surface area contributed by atoms with E-state index in [1.165, 1.54) is 0 Å². The smallest absolute Gasteiger partial charge is 0.0655 e. The molecule has 8 bridgehead atoms. The number of hydrogen-bond acceptors (Lipinski definition) is 2. The van der Waals surface area contributed by atoms with Gasteiger partial charge in [0.25, 0.3) is 0 Å². The van der Waals surface area contributed by atoms with Gasteiger partial charge in [0.05, 0.1) is 12.1 Å². The fraction of sp³-hybridized carbons (Fsp3) is 0.100. The third kappa shape index (κ3) is 2.52. The lowest BCUT2D eigenvalue weighted by Crippen LogP contribution is -2.24. The molecule has 2 unspecified atom stereocenters. The largest absolute Gasteiger partial charge is 0.375 e. The van der Waals surface area contributed by atoms with Crippen molar-refractivity contribution < 1.29 is 0 Å². The Hall–Kier alpha value is -3.14. The highest BCUT2D eigenvalue weighted by Crippen LogP contribution is 2.16. The van der Waals surface area contributed by atoms with E-state index in [4.69, 9.17) is 0 Å². The van der Waals surface area contributed by atoms with Crippen LogP contribution in [0.15, 0.2) is 60.0 Å². The normalized spacial score (nSPS) is 30.8. The van der Waals surface area contributed by atoms with Crippen LogP contribution < -0.4 is 21.3 Å². The number of H-pyrrole nitrogens is 2. The Kier molecular flexibility index (Phi) is 2.88. The number of aromatic nitrogens is 2. The molecule has 4 N–H and O–H groups in total. The van der Waals surface area contributed by atoms with Crippen molar-refractivity contribution in [3.8, 4) is 0 Å². The molecule has 24 heavy (non-hydrogen) atoms. The fourth-order valence-corrected chi connectivity index (χ4v) is 3.31. The van der Waals surface area contributed by atoms with Gasteiger partial charge >= 0.3 is 0 Å². The predicted octanol–water partition coefficient (Wildman–Crippen LogP) is 1.36. The first kappa shape index (κ1) is 13.3. The van der Waals surface area contributed by atoms with Gasteiger partial charge in [-0.1, -0.05) is 12.2 Å². The van der Waals surface area contributed by atoms with Crippen molar-refractivity contribution >= 4 is 24.3 Å². The number of hydrogen-bond donors (Lipinski definition) is 4. The Morgan fingerprint density at radius 3 is 1.71 bits per heavy atom. The Morgan fingerprint density at radius 2 is 1.17 bits per heavy atom. The molecule has 2 aromatic heterocycles. The predicted molar refractivity (Wildman–Crippen MR) is 97.8 cm³/mol. The van der Waals surface area contributed by atoms with Gasteiger partial charge in [0, 0.05) is 33.5 Å². The van der Waals surface area contributed by atoms with Crippen LogP contribution in [0, 0.1) is 0 Å². The lowest BCUT2D eigenvalue weighted by molar-refractivity contribution is 0.875. The van der Waals surface area contributed by atoms with Crippen molar-refractivity contribution in [2.24, 2.45) is 0 Å². The third-order valence-corrected chi connectivity index (χ3v) is 4.44. The second-order valence-electron chi connectivity index (χ2n) is 6.33. The van der Waals surface area contributed by atoms with Crippen LogP contribution in [0.3, 0.4) is 0 Å². The Labute approximate surface area is 139 Å². The van der Waals surface area contributed by atoms with E-state index in [1.807, 2.05) is 0 Å². The molecule has 0 fully saturated rings. The van der Waals surface area contributed by atoms with E-state index in [-0.39, 0.29) is 12.1 Å². The van der Waals surface area contributed by atoms with Crippen molar-refractivity contribution in [2.45, 2.75) is 12.1 Å². The minimum atomic E-state index is 0.209. The summed E-state index contributed by atoms with van der Waals surface area (Å²) in [5, 5.41) is 9.25. The number of rotatable bonds is 0. The number of fused-ring (bicyclic) bond motifs is 8. The van der Waals surface area contributed by atoms with Crippen LogP contribution in [-0.4, -0.2) is 22.1 Å². The zero-order valence-electron chi connectivity index (χ0n) is 13.1. The molecule has 3 aliphatic rings. The zero-order chi connectivity index (χ0) is 15.9. The van der Waals surface area contributed by atoms with E-state index in [2.05, 4.69) is 93.5 Å². The molecular weight excluding hydrogens is 296 g/mol. The molecule has 4 heteroatoms. The first-order chi connectivity index (χ1) is 11.8. The van der Waals surface area contributed by atoms with Crippen molar-refractivity contribution in [1.29, 1.82) is 0 Å². The van der Waals surface area contributed by atoms with E-state index in [1.54, 1.807) is 0 Å². The molecule has 5 heterocycles. The van der Waals surface area contributed by atoms with Crippen molar-refractivity contribution in [2.75, 3.05) is 0 Å². The number of aromatic amines is 2. The second kappa shape index (κ2) is 5.20. The van der Waals surface area contributed by atoms with E-state index >= 15 is 0 Å². The average molecular weight is 314 g/mol. The molecule has 2 aromatic rings. The summed E-state index contributed by atoms with van der Waals surface area (Å²) in [6, 6.07) is 8.86. The van der Waals surface area contributed by atoms with Gasteiger partial charge < -0.3 is 20.6 Å². The summed E-state index contributed by atoms with van der Waals surface area (Å²) in [6.45, 7) is 0. The summed E-state index contributed by atoms with van der Waals surface area (Å²) in [5.74, 6) is 0. The molecular formula is C20H18N4. The SMILES string of the molecule is C1=CC2/C=c3/cc/c([nH]3)=C/C3C=C/C(=C/c4ccc([nH]4)/C=C/1N2)N3. The Balaban J connectivity index is 1.62. The van der Waals surface area contributed by atoms with Gasteiger partial charge in [-0.05, 0) is 60.7 Å². The van der Waals surface area contributed by atoms with Gasteiger partial charge in [0.1, 0.15) is 0 Å². The fourth-order valence-electron chi connectivity index (χ4n) is 3.31. The van der Waals surface area contributed by atoms with Crippen molar-refractivity contribution in [1.82, 2.24) is 20.6 Å². The Morgan fingerprint density at radius 1 is 0.625 bits per heavy atom. The number of nitrogens with one attached hydrogen (secondary N) is 4. The highest BCUT2D eigenvalue weighted by molar-refractivity contribution is 5.61. The van der Waals surface area contributed by atoms with Gasteiger partial charge in [-0.3, -0.25) is 0 Å². The summed E-state index contributed by atoms with van der Waals surface area (Å²) < 4.78 is 0. The van der Waals surface area contributed by atoms with Crippen LogP contribution >= 0.6 is 0 Å². The summed E-state index contributed by atoms with van der Waals surface area (Å²) in [4.78, 5) is 6.89. The van der Waals surface area contributed by atoms with Gasteiger partial charge in [-0.2, -0.15) is 0 Å². The van der Waals surface area contributed by atoms with E-state index in [0.717, 1.165) is 33.5 Å². The van der Waals surface area contributed by atoms with Gasteiger partial charge in [-0.15, -0.1) is 0 Å². The van der Waals surface area contributed by atoms with Crippen LogP contribution in [0.4, 0.5) is 0 Å². The summed E-state index contributed by atoms with van der Waals surface area (Å²) >= 11 is 0. The molecule has 0 aliphatic carbocycles. The molecule has 5 rings (SSSR count). The maximum Gasteiger partial charge on any atom is 0.0655 e. The zero-order valence-corrected chi connectivity index (χ0v) is 13.1. The number of allylic oxidation sites excluding steroid dienone is 2. The van der Waals surface area contributed by atoms with Crippen LogP contribution in [0.1, 0.15) is 11.4 Å². The maximum atomic E-state index is 3.50. The first-order valence-electron chi connectivity index (χ1n) is 8.21. The summed E-state index contributed by atoms with van der Waals surface area (Å²) in [6.07, 6.45) is 17.3. The topological polar surface area (TPSA) is 55.6 Å². The van der Waals surface area contributed by atoms with Crippen molar-refractivity contribution in [3.63, 3.8) is 0 Å². The van der Waals surface area contributed by atoms with Crippen LogP contribution in [0.25, 0.3) is 24.3 Å². The lowest BCUT2D eigenvalue weighted by Gasteiger charge is -2.06. The molecule has 3 aliphatic heterocycles. The molecule has 2 atom stereocenters. The van der Waals surface area contributed by atoms with Crippen molar-refractivity contribution in [3.05, 3.63) is 82.0 Å². The van der Waals surface area contributed by atoms with Gasteiger partial charge in [0.15, 0.2) is 0 Å². The molecule has 0 radical (unpaired) electrons. The average Bonchev–Trinajstić information content (AvgIpc) is 3.32. The monoisotopic (exact) mass is 314 g/mol. The van der Waals surface area contributed by atoms with Crippen LogP contribution in [0.5, 0.6) is 0 Å². The second-order valence-corrected chi connectivity index (χ2v) is 6.33. The molecule has 0 saturated carbocycles. The lowest BCUT2D eigenvalue weighted by atomic mass is 10.3. The highest BCUT2D eigenvalue weighted by atomic mass is 14.9. The third-order valence-electron chi connectivity index (χ3n) is 4.44. The first-order valence-corrected chi connectivity index (χ1v) is 8.21. The Bertz CT molecular complexity index is 947. The van der Waals surface area contributed by atoms with E-state index in [0.29, 0.717) is 0 Å². The summed E-state index contributed by atoms with van der Waals surface area (Å²) in [7, 11) is 0. The van der Waals surface area contributed by atoms with E-state index in [9.17, 15) is 0 Å².